The highest BCUT2D eigenvalue weighted by Gasteiger charge is 2.77. The highest BCUT2D eigenvalue weighted by Crippen LogP contribution is 2.72. The molecule has 0 aromatic carbocycles. The van der Waals surface area contributed by atoms with Crippen molar-refractivity contribution in [2.75, 3.05) is 6.61 Å². The van der Waals surface area contributed by atoms with E-state index < -0.39 is 35.0 Å². The zero-order valence-corrected chi connectivity index (χ0v) is 24.0. The molecule has 1 aromatic rings. The van der Waals surface area contributed by atoms with E-state index in [1.807, 2.05) is 64.5 Å². The number of hydrogen-bond acceptors (Lipinski definition) is 6. The lowest BCUT2D eigenvalue weighted by Crippen LogP contribution is -2.68. The number of aliphatic hydroxyl groups is 1. The van der Waals surface area contributed by atoms with Crippen molar-refractivity contribution in [3.05, 3.63) is 46.3 Å². The highest BCUT2D eigenvalue weighted by atomic mass is 16.7. The molecule has 0 radical (unpaired) electrons. The maximum atomic E-state index is 14.8. The number of fused-ring (bicyclic) bond motifs is 5. The van der Waals surface area contributed by atoms with Gasteiger partial charge in [-0.05, 0) is 81.4 Å². The van der Waals surface area contributed by atoms with Crippen LogP contribution in [0.4, 0.5) is 0 Å². The first-order valence-corrected chi connectivity index (χ1v) is 13.9. The number of allylic oxidation sites excluding steroid dienone is 1. The van der Waals surface area contributed by atoms with E-state index >= 15 is 0 Å². The summed E-state index contributed by atoms with van der Waals surface area (Å²) in [5.41, 5.74) is 0.647. The predicted octanol–water partition coefficient (Wildman–Crippen LogP) is 4.43. The van der Waals surface area contributed by atoms with Crippen LogP contribution in [0.5, 0.6) is 0 Å². The van der Waals surface area contributed by atoms with Crippen LogP contribution in [0.25, 0.3) is 0 Å². The van der Waals surface area contributed by atoms with Crippen molar-refractivity contribution in [1.82, 2.24) is 4.57 Å². The standard InChI is InChI=1S/C31H41NO6/c1-15-13-30-16(2)10-22-23(28(22,5)6)21(24(30)33)12-19-14-36-29(7,8)38-26(19)31(30,35)25(15)37-27(34)20-11-17(3)32(9)18(20)4/h11-13,16,21-23,25-26,35H,10,14H2,1-9H3/t16-,21+,22-,23+,25+,26-,30+,31-/m1/s1. The Morgan fingerprint density at radius 3 is 2.50 bits per heavy atom. The summed E-state index contributed by atoms with van der Waals surface area (Å²) in [5, 5.41) is 13.1. The number of ether oxygens (including phenoxy) is 3. The van der Waals surface area contributed by atoms with E-state index in [2.05, 4.69) is 20.8 Å². The topological polar surface area (TPSA) is 87.0 Å². The number of nitrogens with zero attached hydrogens (tertiary/aromatic N) is 1. The van der Waals surface area contributed by atoms with Crippen molar-refractivity contribution in [2.45, 2.75) is 85.4 Å². The quantitative estimate of drug-likeness (QED) is 0.456. The highest BCUT2D eigenvalue weighted by molar-refractivity contribution is 5.96. The monoisotopic (exact) mass is 523 g/mol. The summed E-state index contributed by atoms with van der Waals surface area (Å²) in [5.74, 6) is -1.40. The van der Waals surface area contributed by atoms with Gasteiger partial charge in [-0.1, -0.05) is 32.9 Å². The largest absolute Gasteiger partial charge is 0.451 e. The summed E-state index contributed by atoms with van der Waals surface area (Å²) in [7, 11) is 1.91. The Balaban J connectivity index is 1.52. The van der Waals surface area contributed by atoms with Gasteiger partial charge in [0.25, 0.3) is 0 Å². The Morgan fingerprint density at radius 1 is 1.18 bits per heavy atom. The van der Waals surface area contributed by atoms with Gasteiger partial charge in [0.1, 0.15) is 6.10 Å². The molecule has 3 fully saturated rings. The first-order chi connectivity index (χ1) is 17.6. The van der Waals surface area contributed by atoms with Gasteiger partial charge in [0.05, 0.1) is 17.6 Å². The summed E-state index contributed by atoms with van der Waals surface area (Å²) in [6.07, 6.45) is 2.88. The Hall–Kier alpha value is -2.22. The van der Waals surface area contributed by atoms with E-state index in [0.717, 1.165) is 23.4 Å². The van der Waals surface area contributed by atoms with Crippen molar-refractivity contribution in [1.29, 1.82) is 0 Å². The predicted molar refractivity (Wildman–Crippen MR) is 141 cm³/mol. The number of ketones is 1. The lowest BCUT2D eigenvalue weighted by atomic mass is 9.59. The molecule has 2 saturated carbocycles. The van der Waals surface area contributed by atoms with Crippen molar-refractivity contribution in [3.63, 3.8) is 0 Å². The van der Waals surface area contributed by atoms with Crippen LogP contribution in [0.2, 0.25) is 0 Å². The molecule has 6 rings (SSSR count). The average molecular weight is 524 g/mol. The number of rotatable bonds is 2. The molecule has 1 aliphatic heterocycles. The molecule has 38 heavy (non-hydrogen) atoms. The van der Waals surface area contributed by atoms with Gasteiger partial charge < -0.3 is 23.9 Å². The molecule has 1 aromatic heterocycles. The second-order valence-corrected chi connectivity index (χ2v) is 13.6. The molecule has 1 N–H and O–H groups in total. The number of carbonyl (C=O) groups is 2. The van der Waals surface area contributed by atoms with Gasteiger partial charge in [0.15, 0.2) is 23.3 Å². The van der Waals surface area contributed by atoms with Gasteiger partial charge in [-0.3, -0.25) is 4.79 Å². The third-order valence-electron chi connectivity index (χ3n) is 10.9. The molecule has 206 valence electrons. The zero-order valence-electron chi connectivity index (χ0n) is 24.0. The zero-order chi connectivity index (χ0) is 27.7. The lowest BCUT2D eigenvalue weighted by molar-refractivity contribution is -0.302. The fourth-order valence-corrected chi connectivity index (χ4v) is 8.53. The van der Waals surface area contributed by atoms with E-state index in [1.54, 1.807) is 0 Å². The smallest absolute Gasteiger partial charge is 0.340 e. The second kappa shape index (κ2) is 7.70. The van der Waals surface area contributed by atoms with Gasteiger partial charge in [-0.2, -0.15) is 0 Å². The lowest BCUT2D eigenvalue weighted by Gasteiger charge is -2.52. The van der Waals surface area contributed by atoms with Gasteiger partial charge in [0, 0.05) is 24.4 Å². The number of carbonyl (C=O) groups excluding carboxylic acids is 2. The van der Waals surface area contributed by atoms with Crippen molar-refractivity contribution >= 4 is 11.8 Å². The molecule has 5 aliphatic rings. The van der Waals surface area contributed by atoms with Gasteiger partial charge >= 0.3 is 5.97 Å². The number of esters is 1. The van der Waals surface area contributed by atoms with E-state index in [9.17, 15) is 14.7 Å². The maximum Gasteiger partial charge on any atom is 0.340 e. The fraction of sp³-hybridized carbons (Fsp3) is 0.677. The summed E-state index contributed by atoms with van der Waals surface area (Å²) in [4.78, 5) is 28.4. The van der Waals surface area contributed by atoms with Crippen LogP contribution in [0.1, 0.15) is 69.7 Å². The molecular formula is C31H41NO6. The van der Waals surface area contributed by atoms with Crippen LogP contribution in [-0.2, 0) is 26.1 Å². The molecule has 1 saturated heterocycles. The van der Waals surface area contributed by atoms with Gasteiger partial charge in [-0.15, -0.1) is 0 Å². The van der Waals surface area contributed by atoms with Crippen LogP contribution < -0.4 is 0 Å². The molecule has 1 spiro atoms. The van der Waals surface area contributed by atoms with E-state index in [-0.39, 0.29) is 35.6 Å². The van der Waals surface area contributed by atoms with Crippen molar-refractivity contribution < 1.29 is 28.9 Å². The summed E-state index contributed by atoms with van der Waals surface area (Å²) < 4.78 is 20.7. The van der Waals surface area contributed by atoms with Crippen molar-refractivity contribution in [2.24, 2.45) is 41.5 Å². The number of aromatic nitrogens is 1. The minimum Gasteiger partial charge on any atom is -0.451 e. The number of Topliss-reactive ketones (excluding diaryl/α,β-unsaturated/α-hetero) is 1. The molecule has 8 atom stereocenters. The Morgan fingerprint density at radius 2 is 1.87 bits per heavy atom. The normalized spacial score (nSPS) is 42.1. The van der Waals surface area contributed by atoms with Crippen LogP contribution in [-0.4, -0.2) is 51.6 Å². The third kappa shape index (κ3) is 3.07. The summed E-state index contributed by atoms with van der Waals surface area (Å²) in [6, 6.07) is 1.81. The summed E-state index contributed by atoms with van der Waals surface area (Å²) >= 11 is 0. The van der Waals surface area contributed by atoms with E-state index in [1.165, 1.54) is 0 Å². The molecule has 0 amide bonds. The number of aryl methyl sites for hydroxylation is 1. The molecule has 7 heteroatoms. The SMILES string of the molecule is CC1=C[C@]23C(=O)[C@@H](C=C4COC(C)(C)O[C@H]4[C@]2(O)[C@H]1OC(=O)c1cc(C)n(C)c1C)[C@H]1[C@@H](C[C@H]3C)C1(C)C. The molecule has 2 heterocycles. The maximum absolute atomic E-state index is 14.8. The minimum absolute atomic E-state index is 0.0125. The van der Waals surface area contributed by atoms with E-state index in [4.69, 9.17) is 14.2 Å². The van der Waals surface area contributed by atoms with Gasteiger partial charge in [-0.25, -0.2) is 4.79 Å². The first kappa shape index (κ1) is 26.0. The molecule has 7 nitrogen and oxygen atoms in total. The summed E-state index contributed by atoms with van der Waals surface area (Å²) in [6.45, 7) is 16.1. The molecule has 4 aliphatic carbocycles. The second-order valence-electron chi connectivity index (χ2n) is 13.6. The van der Waals surface area contributed by atoms with E-state index in [0.29, 0.717) is 17.1 Å². The molecular weight excluding hydrogens is 482 g/mol. The molecule has 2 bridgehead atoms. The fourth-order valence-electron chi connectivity index (χ4n) is 8.53. The van der Waals surface area contributed by atoms with Gasteiger partial charge in [0.2, 0.25) is 0 Å². The average Bonchev–Trinajstić information content (AvgIpc) is 3.20. The number of hydrogen-bond donors (Lipinski definition) is 1. The van der Waals surface area contributed by atoms with Crippen LogP contribution in [0.3, 0.4) is 0 Å². The van der Waals surface area contributed by atoms with Crippen LogP contribution in [0, 0.1) is 48.3 Å². The minimum atomic E-state index is -1.80. The first-order valence-electron chi connectivity index (χ1n) is 13.9. The van der Waals surface area contributed by atoms with Crippen molar-refractivity contribution in [3.8, 4) is 0 Å². The van der Waals surface area contributed by atoms with Crippen LogP contribution >= 0.6 is 0 Å². The Kier molecular flexibility index (Phi) is 5.28. The third-order valence-corrected chi connectivity index (χ3v) is 10.9. The van der Waals surface area contributed by atoms with Crippen LogP contribution in [0.15, 0.2) is 29.4 Å². The Bertz CT molecular complexity index is 1320. The Labute approximate surface area is 225 Å². The molecule has 0 unspecified atom stereocenters.